The van der Waals surface area contributed by atoms with Gasteiger partial charge in [0.2, 0.25) is 0 Å². The molecule has 3 N–H and O–H groups in total. The number of aromatic nitrogens is 2. The fraction of sp³-hybridized carbons (Fsp3) is 0.500. The van der Waals surface area contributed by atoms with E-state index in [2.05, 4.69) is 14.9 Å². The van der Waals surface area contributed by atoms with Crippen molar-refractivity contribution in [2.24, 2.45) is 0 Å². The van der Waals surface area contributed by atoms with Gasteiger partial charge < -0.3 is 10.7 Å². The van der Waals surface area contributed by atoms with Crippen molar-refractivity contribution in [1.82, 2.24) is 14.9 Å². The molecule has 0 spiro atoms. The largest absolute Gasteiger partial charge is 0.399 e. The molecule has 18 heavy (non-hydrogen) atoms. The quantitative estimate of drug-likeness (QED) is 0.798. The summed E-state index contributed by atoms with van der Waals surface area (Å²) in [6.07, 6.45) is 5.36. The predicted molar refractivity (Wildman–Crippen MR) is 74.3 cm³/mol. The highest BCUT2D eigenvalue weighted by atomic mass is 15.1. The zero-order chi connectivity index (χ0) is 12.4. The highest BCUT2D eigenvalue weighted by Gasteiger charge is 2.11. The highest BCUT2D eigenvalue weighted by Crippen LogP contribution is 2.17. The molecule has 0 saturated carbocycles. The van der Waals surface area contributed by atoms with Gasteiger partial charge in [-0.05, 0) is 44.1 Å². The molecule has 1 aromatic carbocycles. The van der Waals surface area contributed by atoms with Gasteiger partial charge in [-0.2, -0.15) is 0 Å². The van der Waals surface area contributed by atoms with E-state index in [4.69, 9.17) is 5.73 Å². The van der Waals surface area contributed by atoms with Gasteiger partial charge in [0.05, 0.1) is 17.6 Å². The summed E-state index contributed by atoms with van der Waals surface area (Å²) < 4.78 is 0. The van der Waals surface area contributed by atoms with Crippen LogP contribution in [0.4, 0.5) is 5.69 Å². The molecular formula is C14H20N4. The maximum Gasteiger partial charge on any atom is 0.121 e. The molecule has 0 unspecified atom stereocenters. The summed E-state index contributed by atoms with van der Waals surface area (Å²) in [7, 11) is 0. The van der Waals surface area contributed by atoms with Gasteiger partial charge in [-0.15, -0.1) is 0 Å². The van der Waals surface area contributed by atoms with Crippen LogP contribution in [0.3, 0.4) is 0 Å². The summed E-state index contributed by atoms with van der Waals surface area (Å²) in [6, 6.07) is 5.83. The van der Waals surface area contributed by atoms with E-state index in [9.17, 15) is 0 Å². The van der Waals surface area contributed by atoms with Crippen LogP contribution in [0.1, 0.15) is 31.5 Å². The molecule has 0 atom stereocenters. The summed E-state index contributed by atoms with van der Waals surface area (Å²) in [4.78, 5) is 10.5. The van der Waals surface area contributed by atoms with Gasteiger partial charge in [-0.3, -0.25) is 4.90 Å². The van der Waals surface area contributed by atoms with Gasteiger partial charge in [0, 0.05) is 5.69 Å². The van der Waals surface area contributed by atoms with Gasteiger partial charge in [-0.25, -0.2) is 4.98 Å². The second-order valence-corrected chi connectivity index (χ2v) is 5.15. The van der Waals surface area contributed by atoms with E-state index in [1.54, 1.807) is 0 Å². The normalized spacial score (nSPS) is 18.0. The lowest BCUT2D eigenvalue weighted by Gasteiger charge is -2.17. The molecule has 4 heteroatoms. The van der Waals surface area contributed by atoms with Crippen molar-refractivity contribution in [1.29, 1.82) is 0 Å². The average Bonchev–Trinajstić information content (AvgIpc) is 2.57. The Bertz CT molecular complexity index is 524. The van der Waals surface area contributed by atoms with Crippen molar-refractivity contribution >= 4 is 16.7 Å². The fourth-order valence-electron chi connectivity index (χ4n) is 2.66. The molecule has 0 amide bonds. The molecule has 2 heterocycles. The summed E-state index contributed by atoms with van der Waals surface area (Å²) in [5.41, 5.74) is 8.61. The molecule has 0 bridgehead atoms. The van der Waals surface area contributed by atoms with Crippen LogP contribution in [0.2, 0.25) is 0 Å². The van der Waals surface area contributed by atoms with Crippen LogP contribution in [0, 0.1) is 0 Å². The molecule has 2 aromatic rings. The molecule has 3 rings (SSSR count). The number of nitrogens with two attached hydrogens (primary N) is 1. The Kier molecular flexibility index (Phi) is 3.19. The number of imidazole rings is 1. The van der Waals surface area contributed by atoms with E-state index >= 15 is 0 Å². The van der Waals surface area contributed by atoms with Crippen LogP contribution >= 0.6 is 0 Å². The number of likely N-dealkylation sites (tertiary alicyclic amines) is 1. The zero-order valence-corrected chi connectivity index (χ0v) is 10.7. The molecule has 96 valence electrons. The lowest BCUT2D eigenvalue weighted by molar-refractivity contribution is 0.271. The van der Waals surface area contributed by atoms with E-state index in [-0.39, 0.29) is 0 Å². The fourth-order valence-corrected chi connectivity index (χ4v) is 2.66. The Hall–Kier alpha value is -1.55. The molecule has 1 saturated heterocycles. The van der Waals surface area contributed by atoms with Crippen molar-refractivity contribution in [3.8, 4) is 0 Å². The van der Waals surface area contributed by atoms with Crippen LogP contribution in [0.5, 0.6) is 0 Å². The van der Waals surface area contributed by atoms with E-state index in [0.29, 0.717) is 0 Å². The molecule has 1 aliphatic heterocycles. The number of anilines is 1. The first-order valence-corrected chi connectivity index (χ1v) is 6.78. The first kappa shape index (κ1) is 11.5. The van der Waals surface area contributed by atoms with E-state index in [1.807, 2.05) is 18.2 Å². The van der Waals surface area contributed by atoms with Crippen LogP contribution in [-0.2, 0) is 6.54 Å². The monoisotopic (exact) mass is 244 g/mol. The average molecular weight is 244 g/mol. The Balaban J connectivity index is 1.77. The van der Waals surface area contributed by atoms with Gasteiger partial charge in [-0.1, -0.05) is 12.8 Å². The first-order chi connectivity index (χ1) is 8.81. The number of nitrogens with one attached hydrogen (secondary N) is 1. The second kappa shape index (κ2) is 4.98. The SMILES string of the molecule is Nc1ccc2nc(CN3CCCCCC3)[nH]c2c1. The third kappa shape index (κ3) is 2.48. The lowest BCUT2D eigenvalue weighted by atomic mass is 10.2. The Morgan fingerprint density at radius 3 is 2.72 bits per heavy atom. The molecular weight excluding hydrogens is 224 g/mol. The minimum Gasteiger partial charge on any atom is -0.399 e. The number of aromatic amines is 1. The van der Waals surface area contributed by atoms with Gasteiger partial charge in [0.15, 0.2) is 0 Å². The molecule has 4 nitrogen and oxygen atoms in total. The van der Waals surface area contributed by atoms with Crippen molar-refractivity contribution in [2.45, 2.75) is 32.2 Å². The second-order valence-electron chi connectivity index (χ2n) is 5.15. The Morgan fingerprint density at radius 2 is 1.94 bits per heavy atom. The number of nitrogen functional groups attached to an aromatic ring is 1. The summed E-state index contributed by atoms with van der Waals surface area (Å²) in [6.45, 7) is 3.31. The lowest BCUT2D eigenvalue weighted by Crippen LogP contribution is -2.24. The van der Waals surface area contributed by atoms with E-state index in [0.717, 1.165) is 29.1 Å². The number of benzene rings is 1. The summed E-state index contributed by atoms with van der Waals surface area (Å²) in [5.74, 6) is 1.05. The van der Waals surface area contributed by atoms with Crippen LogP contribution in [-0.4, -0.2) is 28.0 Å². The minimum absolute atomic E-state index is 0.785. The zero-order valence-electron chi connectivity index (χ0n) is 10.7. The van der Waals surface area contributed by atoms with Gasteiger partial charge in [0.25, 0.3) is 0 Å². The summed E-state index contributed by atoms with van der Waals surface area (Å²) in [5, 5.41) is 0. The van der Waals surface area contributed by atoms with Crippen LogP contribution < -0.4 is 5.73 Å². The third-order valence-corrected chi connectivity index (χ3v) is 3.63. The van der Waals surface area contributed by atoms with Crippen molar-refractivity contribution in [3.63, 3.8) is 0 Å². The molecule has 0 aliphatic carbocycles. The number of hydrogen-bond donors (Lipinski definition) is 2. The highest BCUT2D eigenvalue weighted by molar-refractivity contribution is 5.78. The van der Waals surface area contributed by atoms with Gasteiger partial charge >= 0.3 is 0 Å². The van der Waals surface area contributed by atoms with Crippen molar-refractivity contribution < 1.29 is 0 Å². The number of nitrogens with zero attached hydrogens (tertiary/aromatic N) is 2. The van der Waals surface area contributed by atoms with E-state index < -0.39 is 0 Å². The summed E-state index contributed by atoms with van der Waals surface area (Å²) >= 11 is 0. The maximum atomic E-state index is 5.78. The molecule has 1 aromatic heterocycles. The maximum absolute atomic E-state index is 5.78. The van der Waals surface area contributed by atoms with Crippen molar-refractivity contribution in [3.05, 3.63) is 24.0 Å². The first-order valence-electron chi connectivity index (χ1n) is 6.78. The van der Waals surface area contributed by atoms with Crippen LogP contribution in [0.25, 0.3) is 11.0 Å². The third-order valence-electron chi connectivity index (χ3n) is 3.63. The smallest absolute Gasteiger partial charge is 0.121 e. The molecule has 1 fully saturated rings. The number of fused-ring (bicyclic) bond motifs is 1. The Labute approximate surface area is 107 Å². The number of hydrogen-bond acceptors (Lipinski definition) is 3. The van der Waals surface area contributed by atoms with Crippen molar-refractivity contribution in [2.75, 3.05) is 18.8 Å². The van der Waals surface area contributed by atoms with Crippen LogP contribution in [0.15, 0.2) is 18.2 Å². The minimum atomic E-state index is 0.785. The topological polar surface area (TPSA) is 57.9 Å². The number of rotatable bonds is 2. The molecule has 0 radical (unpaired) electrons. The number of H-pyrrole nitrogens is 1. The standard InChI is InChI=1S/C14H20N4/c15-11-5-6-12-13(9-11)17-14(16-12)10-18-7-3-1-2-4-8-18/h5-6,9H,1-4,7-8,10,15H2,(H,16,17). The van der Waals surface area contributed by atoms with E-state index in [1.165, 1.54) is 38.8 Å². The molecule has 1 aliphatic rings. The van der Waals surface area contributed by atoms with Gasteiger partial charge in [0.1, 0.15) is 5.82 Å². The Morgan fingerprint density at radius 1 is 1.17 bits per heavy atom. The predicted octanol–water partition coefficient (Wildman–Crippen LogP) is 2.52.